The van der Waals surface area contributed by atoms with Gasteiger partial charge < -0.3 is 15.4 Å². The van der Waals surface area contributed by atoms with Gasteiger partial charge in [0, 0.05) is 20.1 Å². The van der Waals surface area contributed by atoms with Gasteiger partial charge >= 0.3 is 0 Å². The molecule has 0 aliphatic rings. The molecule has 1 amide bonds. The second-order valence-electron chi connectivity index (χ2n) is 6.74. The Morgan fingerprint density at radius 3 is 2.57 bits per heavy atom. The Morgan fingerprint density at radius 1 is 1.38 bits per heavy atom. The van der Waals surface area contributed by atoms with Gasteiger partial charge in [0.2, 0.25) is 5.91 Å². The minimum Gasteiger partial charge on any atom is -0.497 e. The number of carbonyl (C=O) groups excluding carboxylic acids is 1. The summed E-state index contributed by atoms with van der Waals surface area (Å²) < 4.78 is 5.21. The number of nitrogens with two attached hydrogens (primary N) is 1. The van der Waals surface area contributed by atoms with Crippen LogP contribution < -0.4 is 10.5 Å². The van der Waals surface area contributed by atoms with E-state index in [-0.39, 0.29) is 17.2 Å². The molecule has 0 aliphatic carbocycles. The number of hydrogen-bond donors (Lipinski definition) is 1. The normalized spacial score (nSPS) is 12.9. The summed E-state index contributed by atoms with van der Waals surface area (Å²) in [4.78, 5) is 14.3. The lowest BCUT2D eigenvalue weighted by atomic mass is 9.84. The minimum atomic E-state index is -0.124. The van der Waals surface area contributed by atoms with Gasteiger partial charge in [0.15, 0.2) is 0 Å². The molecule has 4 nitrogen and oxygen atoms in total. The summed E-state index contributed by atoms with van der Waals surface area (Å²) in [6.45, 7) is 7.34. The standard InChI is InChI=1S/C17H28N2O2/c1-17(2,3)10-14(11-18)16(20)19(4)12-13-7-6-8-15(9-13)21-5/h6-9,14H,10-12,18H2,1-5H3. The van der Waals surface area contributed by atoms with Gasteiger partial charge in [-0.3, -0.25) is 4.79 Å². The van der Waals surface area contributed by atoms with Crippen LogP contribution in [0.5, 0.6) is 5.75 Å². The van der Waals surface area contributed by atoms with E-state index >= 15 is 0 Å². The first-order valence-corrected chi connectivity index (χ1v) is 7.35. The number of carbonyl (C=O) groups is 1. The van der Waals surface area contributed by atoms with Gasteiger partial charge in [-0.05, 0) is 29.5 Å². The maximum Gasteiger partial charge on any atom is 0.227 e. The molecular formula is C17H28N2O2. The van der Waals surface area contributed by atoms with Crippen LogP contribution in [0.4, 0.5) is 0 Å². The molecular weight excluding hydrogens is 264 g/mol. The van der Waals surface area contributed by atoms with Crippen LogP contribution in [0.3, 0.4) is 0 Å². The Kier molecular flexibility index (Phi) is 6.21. The number of ether oxygens (including phenoxy) is 1. The fourth-order valence-electron chi connectivity index (χ4n) is 2.44. The number of amides is 1. The SMILES string of the molecule is COc1cccc(CN(C)C(=O)C(CN)CC(C)(C)C)c1. The van der Waals surface area contributed by atoms with Crippen molar-refractivity contribution in [2.24, 2.45) is 17.1 Å². The molecule has 0 aromatic heterocycles. The first-order chi connectivity index (χ1) is 9.76. The summed E-state index contributed by atoms with van der Waals surface area (Å²) >= 11 is 0. The summed E-state index contributed by atoms with van der Waals surface area (Å²) in [5, 5.41) is 0. The monoisotopic (exact) mass is 292 g/mol. The highest BCUT2D eigenvalue weighted by Crippen LogP contribution is 2.25. The fraction of sp³-hybridized carbons (Fsp3) is 0.588. The first-order valence-electron chi connectivity index (χ1n) is 7.35. The lowest BCUT2D eigenvalue weighted by molar-refractivity contribution is -0.135. The molecule has 0 bridgehead atoms. The van der Waals surface area contributed by atoms with Crippen LogP contribution >= 0.6 is 0 Å². The average molecular weight is 292 g/mol. The fourth-order valence-corrected chi connectivity index (χ4v) is 2.44. The smallest absolute Gasteiger partial charge is 0.227 e. The third-order valence-electron chi connectivity index (χ3n) is 3.42. The van der Waals surface area contributed by atoms with Gasteiger partial charge in [-0.1, -0.05) is 32.9 Å². The van der Waals surface area contributed by atoms with E-state index < -0.39 is 0 Å². The predicted molar refractivity (Wildman–Crippen MR) is 86.1 cm³/mol. The number of methoxy groups -OCH3 is 1. The summed E-state index contributed by atoms with van der Waals surface area (Å²) in [6.07, 6.45) is 0.796. The highest BCUT2D eigenvalue weighted by atomic mass is 16.5. The molecule has 2 N–H and O–H groups in total. The topological polar surface area (TPSA) is 55.6 Å². The maximum atomic E-state index is 12.5. The highest BCUT2D eigenvalue weighted by molar-refractivity contribution is 5.78. The summed E-state index contributed by atoms with van der Waals surface area (Å²) in [7, 11) is 3.47. The van der Waals surface area contributed by atoms with Crippen LogP contribution in [0.2, 0.25) is 0 Å². The van der Waals surface area contributed by atoms with Crippen molar-refractivity contribution >= 4 is 5.91 Å². The molecule has 0 aliphatic heterocycles. The van der Waals surface area contributed by atoms with Crippen LogP contribution in [-0.2, 0) is 11.3 Å². The lowest BCUT2D eigenvalue weighted by Gasteiger charge is -2.28. The number of rotatable bonds is 6. The molecule has 0 saturated carbocycles. The molecule has 0 saturated heterocycles. The van der Waals surface area contributed by atoms with Crippen LogP contribution in [0.15, 0.2) is 24.3 Å². The van der Waals surface area contributed by atoms with Crippen molar-refractivity contribution in [1.29, 1.82) is 0 Å². The van der Waals surface area contributed by atoms with Crippen molar-refractivity contribution in [3.63, 3.8) is 0 Å². The van der Waals surface area contributed by atoms with Crippen LogP contribution in [0, 0.1) is 11.3 Å². The Balaban J connectivity index is 2.72. The van der Waals surface area contributed by atoms with Crippen molar-refractivity contribution in [2.75, 3.05) is 20.7 Å². The minimum absolute atomic E-state index is 0.0938. The Labute approximate surface area is 128 Å². The Morgan fingerprint density at radius 2 is 2.05 bits per heavy atom. The third-order valence-corrected chi connectivity index (χ3v) is 3.42. The van der Waals surface area contributed by atoms with Crippen molar-refractivity contribution in [3.05, 3.63) is 29.8 Å². The summed E-state index contributed by atoms with van der Waals surface area (Å²) in [6, 6.07) is 7.77. The van der Waals surface area contributed by atoms with E-state index in [0.717, 1.165) is 17.7 Å². The van der Waals surface area contributed by atoms with Crippen LogP contribution in [0.1, 0.15) is 32.8 Å². The van der Waals surface area contributed by atoms with Gasteiger partial charge in [-0.15, -0.1) is 0 Å². The van der Waals surface area contributed by atoms with E-state index in [1.807, 2.05) is 31.3 Å². The molecule has 21 heavy (non-hydrogen) atoms. The van der Waals surface area contributed by atoms with E-state index in [1.165, 1.54) is 0 Å². The zero-order valence-corrected chi connectivity index (χ0v) is 13.8. The van der Waals surface area contributed by atoms with Gasteiger partial charge in [0.1, 0.15) is 5.75 Å². The summed E-state index contributed by atoms with van der Waals surface area (Å²) in [5.41, 5.74) is 6.94. The first kappa shape index (κ1) is 17.5. The van der Waals surface area contributed by atoms with E-state index in [2.05, 4.69) is 20.8 Å². The van der Waals surface area contributed by atoms with Crippen molar-refractivity contribution in [1.82, 2.24) is 4.90 Å². The van der Waals surface area contributed by atoms with E-state index in [9.17, 15) is 4.79 Å². The Bertz CT molecular complexity index is 466. The molecule has 1 atom stereocenters. The number of benzene rings is 1. The van der Waals surface area contributed by atoms with Crippen LogP contribution in [-0.4, -0.2) is 31.5 Å². The number of hydrogen-bond acceptors (Lipinski definition) is 3. The summed E-state index contributed by atoms with van der Waals surface area (Å²) in [5.74, 6) is 0.786. The highest BCUT2D eigenvalue weighted by Gasteiger charge is 2.26. The van der Waals surface area contributed by atoms with E-state index in [0.29, 0.717) is 13.1 Å². The van der Waals surface area contributed by atoms with Gasteiger partial charge in [0.25, 0.3) is 0 Å². The molecule has 0 fully saturated rings. The molecule has 1 unspecified atom stereocenters. The lowest BCUT2D eigenvalue weighted by Crippen LogP contribution is -2.38. The van der Waals surface area contributed by atoms with Crippen LogP contribution in [0.25, 0.3) is 0 Å². The number of nitrogens with zero attached hydrogens (tertiary/aromatic N) is 1. The van der Waals surface area contributed by atoms with E-state index in [4.69, 9.17) is 10.5 Å². The van der Waals surface area contributed by atoms with Crippen molar-refractivity contribution in [3.8, 4) is 5.75 Å². The molecule has 118 valence electrons. The predicted octanol–water partition coefficient (Wildman–Crippen LogP) is 2.66. The molecule has 1 aromatic rings. The van der Waals surface area contributed by atoms with E-state index in [1.54, 1.807) is 12.0 Å². The molecule has 0 spiro atoms. The quantitative estimate of drug-likeness (QED) is 0.877. The molecule has 1 aromatic carbocycles. The zero-order chi connectivity index (χ0) is 16.0. The maximum absolute atomic E-state index is 12.5. The molecule has 0 radical (unpaired) electrons. The van der Waals surface area contributed by atoms with Gasteiger partial charge in [-0.25, -0.2) is 0 Å². The zero-order valence-electron chi connectivity index (χ0n) is 13.8. The second kappa shape index (κ2) is 7.46. The van der Waals surface area contributed by atoms with Gasteiger partial charge in [-0.2, -0.15) is 0 Å². The van der Waals surface area contributed by atoms with Crippen molar-refractivity contribution < 1.29 is 9.53 Å². The molecule has 1 rings (SSSR count). The third kappa shape index (κ3) is 5.76. The Hall–Kier alpha value is -1.55. The van der Waals surface area contributed by atoms with Gasteiger partial charge in [0.05, 0.1) is 13.0 Å². The molecule has 0 heterocycles. The molecule has 4 heteroatoms. The average Bonchev–Trinajstić information content (AvgIpc) is 2.43. The second-order valence-corrected chi connectivity index (χ2v) is 6.74. The largest absolute Gasteiger partial charge is 0.497 e. The van der Waals surface area contributed by atoms with Crippen molar-refractivity contribution in [2.45, 2.75) is 33.7 Å².